The Hall–Kier alpha value is -1.18. The van der Waals surface area contributed by atoms with Crippen LogP contribution in [0.2, 0.25) is 0 Å². The van der Waals surface area contributed by atoms with E-state index in [1.165, 1.54) is 5.57 Å². The second-order valence-electron chi connectivity index (χ2n) is 5.28. The highest BCUT2D eigenvalue weighted by Gasteiger charge is 2.31. The highest BCUT2D eigenvalue weighted by molar-refractivity contribution is 6.32. The number of hydrogen-bond donors (Lipinski definition) is 0. The van der Waals surface area contributed by atoms with Gasteiger partial charge >= 0.3 is 0 Å². The van der Waals surface area contributed by atoms with E-state index in [9.17, 15) is 9.59 Å². The van der Waals surface area contributed by atoms with Crippen LogP contribution in [0.15, 0.2) is 23.3 Å². The third kappa shape index (κ3) is 2.69. The van der Waals surface area contributed by atoms with Crippen molar-refractivity contribution in [1.29, 1.82) is 0 Å². The van der Waals surface area contributed by atoms with Crippen LogP contribution in [-0.2, 0) is 9.59 Å². The molecule has 0 fully saturated rings. The molecule has 0 aromatic rings. The Balaban J connectivity index is 3.01. The van der Waals surface area contributed by atoms with Gasteiger partial charge in [0.2, 0.25) is 5.78 Å². The van der Waals surface area contributed by atoms with Crippen molar-refractivity contribution in [3.63, 3.8) is 0 Å². The largest absolute Gasteiger partial charge is 0.294 e. The molecule has 2 nitrogen and oxygen atoms in total. The summed E-state index contributed by atoms with van der Waals surface area (Å²) in [6.45, 7) is 8.24. The number of ketones is 1. The third-order valence-corrected chi connectivity index (χ3v) is 3.50. The zero-order valence-corrected chi connectivity index (χ0v) is 10.5. The predicted molar refractivity (Wildman–Crippen MR) is 65.1 cm³/mol. The molecule has 0 N–H and O–H groups in total. The van der Waals surface area contributed by atoms with Crippen molar-refractivity contribution < 1.29 is 9.59 Å². The maximum Gasteiger partial charge on any atom is 0.220 e. The molecule has 1 aliphatic rings. The van der Waals surface area contributed by atoms with E-state index in [0.717, 1.165) is 12.8 Å². The molecule has 2 heteroatoms. The van der Waals surface area contributed by atoms with Crippen LogP contribution in [0.5, 0.6) is 0 Å². The number of carbonyl (C=O) groups is 2. The van der Waals surface area contributed by atoms with Crippen LogP contribution in [0.1, 0.15) is 40.5 Å². The topological polar surface area (TPSA) is 34.1 Å². The Morgan fingerprint density at radius 2 is 2.12 bits per heavy atom. The van der Waals surface area contributed by atoms with Crippen molar-refractivity contribution in [2.24, 2.45) is 11.3 Å². The number of rotatable bonds is 3. The lowest BCUT2D eigenvalue weighted by molar-refractivity contribution is -0.127. The average molecular weight is 220 g/mol. The van der Waals surface area contributed by atoms with E-state index in [1.807, 2.05) is 6.08 Å². The van der Waals surface area contributed by atoms with Gasteiger partial charge in [-0.25, -0.2) is 0 Å². The van der Waals surface area contributed by atoms with Crippen molar-refractivity contribution in [1.82, 2.24) is 0 Å². The Morgan fingerprint density at radius 3 is 2.62 bits per heavy atom. The zero-order valence-electron chi connectivity index (χ0n) is 10.5. The molecular formula is C14H20O2. The van der Waals surface area contributed by atoms with Gasteiger partial charge < -0.3 is 0 Å². The van der Waals surface area contributed by atoms with Crippen LogP contribution >= 0.6 is 0 Å². The molecule has 1 unspecified atom stereocenters. The molecule has 0 radical (unpaired) electrons. The Kier molecular flexibility index (Phi) is 3.84. The Bertz CT molecular complexity index is 359. The summed E-state index contributed by atoms with van der Waals surface area (Å²) >= 11 is 0. The van der Waals surface area contributed by atoms with E-state index in [1.54, 1.807) is 6.92 Å². The lowest BCUT2D eigenvalue weighted by Crippen LogP contribution is -2.27. The summed E-state index contributed by atoms with van der Waals surface area (Å²) in [6.07, 6.45) is 6.78. The van der Waals surface area contributed by atoms with Gasteiger partial charge in [0, 0.05) is 5.92 Å². The van der Waals surface area contributed by atoms with Crippen molar-refractivity contribution in [2.45, 2.75) is 40.5 Å². The van der Waals surface area contributed by atoms with Crippen LogP contribution in [0.4, 0.5) is 0 Å². The second-order valence-corrected chi connectivity index (χ2v) is 5.28. The molecule has 0 aromatic heterocycles. The fraction of sp³-hybridized carbons (Fsp3) is 0.571. The van der Waals surface area contributed by atoms with Crippen LogP contribution < -0.4 is 0 Å². The van der Waals surface area contributed by atoms with Crippen molar-refractivity contribution in [2.75, 3.05) is 0 Å². The normalized spacial score (nSPS) is 24.9. The maximum atomic E-state index is 11.2. The number of hydrogen-bond acceptors (Lipinski definition) is 2. The van der Waals surface area contributed by atoms with Gasteiger partial charge in [-0.2, -0.15) is 0 Å². The first-order valence-corrected chi connectivity index (χ1v) is 5.73. The monoisotopic (exact) mass is 220 g/mol. The highest BCUT2D eigenvalue weighted by atomic mass is 16.2. The van der Waals surface area contributed by atoms with Crippen molar-refractivity contribution >= 4 is 12.1 Å². The van der Waals surface area contributed by atoms with Crippen LogP contribution in [0, 0.1) is 11.3 Å². The fourth-order valence-electron chi connectivity index (χ4n) is 2.35. The van der Waals surface area contributed by atoms with E-state index in [2.05, 4.69) is 26.8 Å². The van der Waals surface area contributed by atoms with Crippen molar-refractivity contribution in [3.05, 3.63) is 23.3 Å². The quantitative estimate of drug-likeness (QED) is 0.317. The lowest BCUT2D eigenvalue weighted by Gasteiger charge is -2.37. The molecule has 88 valence electrons. The van der Waals surface area contributed by atoms with Gasteiger partial charge in [0.15, 0.2) is 6.29 Å². The third-order valence-electron chi connectivity index (χ3n) is 3.50. The minimum atomic E-state index is -0.408. The van der Waals surface area contributed by atoms with E-state index < -0.39 is 5.78 Å². The van der Waals surface area contributed by atoms with Gasteiger partial charge in [-0.05, 0) is 37.7 Å². The molecule has 0 spiro atoms. The molecule has 0 aromatic carbocycles. The minimum Gasteiger partial charge on any atom is -0.294 e. The smallest absolute Gasteiger partial charge is 0.220 e. The summed E-state index contributed by atoms with van der Waals surface area (Å²) in [7, 11) is 0. The summed E-state index contributed by atoms with van der Waals surface area (Å²) in [5.41, 5.74) is 2.03. The summed E-state index contributed by atoms with van der Waals surface area (Å²) in [5.74, 6) is -0.140. The summed E-state index contributed by atoms with van der Waals surface area (Å²) in [6, 6.07) is 0. The molecule has 0 aliphatic heterocycles. The minimum absolute atomic E-state index is 0.170. The lowest BCUT2D eigenvalue weighted by atomic mass is 9.68. The fourth-order valence-corrected chi connectivity index (χ4v) is 2.35. The second kappa shape index (κ2) is 4.77. The number of allylic oxidation sites excluding steroid dienone is 4. The first-order valence-electron chi connectivity index (χ1n) is 5.73. The SMILES string of the molecule is CC(=CC1C(C)=CCCC1(C)C)C(=O)C=O. The number of Topliss-reactive ketones (excluding diaryl/α,β-unsaturated/α-hetero) is 1. The van der Waals surface area contributed by atoms with Crippen LogP contribution in [-0.4, -0.2) is 12.1 Å². The molecule has 1 aliphatic carbocycles. The van der Waals surface area contributed by atoms with Gasteiger partial charge in [0.05, 0.1) is 0 Å². The molecule has 0 bridgehead atoms. The Morgan fingerprint density at radius 1 is 1.50 bits per heavy atom. The first-order chi connectivity index (χ1) is 7.38. The van der Waals surface area contributed by atoms with E-state index in [4.69, 9.17) is 0 Å². The summed E-state index contributed by atoms with van der Waals surface area (Å²) < 4.78 is 0. The van der Waals surface area contributed by atoms with Gasteiger partial charge in [0.1, 0.15) is 0 Å². The molecule has 1 rings (SSSR count). The van der Waals surface area contributed by atoms with Gasteiger partial charge in [-0.15, -0.1) is 0 Å². The molecule has 0 amide bonds. The molecule has 0 heterocycles. The Labute approximate surface area is 97.4 Å². The number of carbonyl (C=O) groups excluding carboxylic acids is 2. The van der Waals surface area contributed by atoms with E-state index in [0.29, 0.717) is 11.9 Å². The maximum absolute atomic E-state index is 11.2. The molecule has 0 saturated carbocycles. The average Bonchev–Trinajstić information content (AvgIpc) is 2.21. The highest BCUT2D eigenvalue weighted by Crippen LogP contribution is 2.42. The number of aldehydes is 1. The van der Waals surface area contributed by atoms with E-state index >= 15 is 0 Å². The van der Waals surface area contributed by atoms with Crippen LogP contribution in [0.25, 0.3) is 0 Å². The molecule has 0 saturated heterocycles. The first kappa shape index (κ1) is 12.9. The van der Waals surface area contributed by atoms with Crippen molar-refractivity contribution in [3.8, 4) is 0 Å². The summed E-state index contributed by atoms with van der Waals surface area (Å²) in [5, 5.41) is 0. The standard InChI is InChI=1S/C14H20O2/c1-10-6-5-7-14(3,4)12(10)8-11(2)13(16)9-15/h6,8-9,12H,5,7H2,1-4H3. The molecule has 1 atom stereocenters. The molecular weight excluding hydrogens is 200 g/mol. The predicted octanol–water partition coefficient (Wildman–Crippen LogP) is 3.08. The van der Waals surface area contributed by atoms with Crippen LogP contribution in [0.3, 0.4) is 0 Å². The zero-order chi connectivity index (χ0) is 12.3. The summed E-state index contributed by atoms with van der Waals surface area (Å²) in [4.78, 5) is 21.7. The van der Waals surface area contributed by atoms with E-state index in [-0.39, 0.29) is 11.3 Å². The van der Waals surface area contributed by atoms with Gasteiger partial charge in [0.25, 0.3) is 0 Å². The van der Waals surface area contributed by atoms with Gasteiger partial charge in [-0.1, -0.05) is 31.6 Å². The molecule has 16 heavy (non-hydrogen) atoms. The van der Waals surface area contributed by atoms with Gasteiger partial charge in [-0.3, -0.25) is 9.59 Å².